The zero-order valence-electron chi connectivity index (χ0n) is 17.4. The van der Waals surface area contributed by atoms with Crippen molar-refractivity contribution in [2.24, 2.45) is 0 Å². The first-order valence-corrected chi connectivity index (χ1v) is 11.2. The molecule has 0 aliphatic rings. The van der Waals surface area contributed by atoms with Crippen LogP contribution in [-0.2, 0) is 13.0 Å². The minimum absolute atomic E-state index is 0.000368. The van der Waals surface area contributed by atoms with Gasteiger partial charge in [0, 0.05) is 6.07 Å². The molecule has 5 rings (SSSR count). The molecule has 5 nitrogen and oxygen atoms in total. The van der Waals surface area contributed by atoms with Gasteiger partial charge < -0.3 is 4.42 Å². The van der Waals surface area contributed by atoms with E-state index in [1.54, 1.807) is 29.2 Å². The number of fused-ring (bicyclic) bond motifs is 2. The van der Waals surface area contributed by atoms with Crippen LogP contribution in [0.1, 0.15) is 28.6 Å². The molecule has 2 aromatic heterocycles. The van der Waals surface area contributed by atoms with Crippen LogP contribution in [0.5, 0.6) is 0 Å². The number of thiazole rings is 1. The summed E-state index contributed by atoms with van der Waals surface area (Å²) in [4.78, 5) is 32.6. The quantitative estimate of drug-likeness (QED) is 0.346. The van der Waals surface area contributed by atoms with Gasteiger partial charge in [0.2, 0.25) is 0 Å². The van der Waals surface area contributed by atoms with E-state index in [1.807, 2.05) is 42.5 Å². The van der Waals surface area contributed by atoms with Gasteiger partial charge in [-0.3, -0.25) is 14.5 Å². The van der Waals surface area contributed by atoms with Crippen molar-refractivity contribution in [2.45, 2.75) is 19.9 Å². The van der Waals surface area contributed by atoms with E-state index in [1.165, 1.54) is 17.4 Å². The molecular weight excluding hydrogens is 420 g/mol. The summed E-state index contributed by atoms with van der Waals surface area (Å²) in [5.41, 5.74) is 3.14. The minimum Gasteiger partial charge on any atom is -0.451 e. The molecule has 0 aliphatic carbocycles. The second kappa shape index (κ2) is 8.40. The lowest BCUT2D eigenvalue weighted by atomic mass is 10.1. The molecule has 0 spiro atoms. The van der Waals surface area contributed by atoms with Crippen LogP contribution in [0.25, 0.3) is 21.2 Å². The molecule has 0 aliphatic heterocycles. The summed E-state index contributed by atoms with van der Waals surface area (Å²) in [5, 5.41) is 1.02. The zero-order chi connectivity index (χ0) is 22.1. The zero-order valence-corrected chi connectivity index (χ0v) is 18.3. The lowest BCUT2D eigenvalue weighted by molar-refractivity contribution is 0.0959. The molecule has 2 heterocycles. The fraction of sp³-hybridized carbons (Fsp3) is 0.115. The predicted octanol–water partition coefficient (Wildman–Crippen LogP) is 5.81. The van der Waals surface area contributed by atoms with E-state index in [9.17, 15) is 9.59 Å². The SMILES string of the molecule is CCc1cccc2sc(N(Cc3ccccc3)C(=O)c3cc(=O)c4ccccc4o3)nc12. The fourth-order valence-corrected chi connectivity index (χ4v) is 4.74. The number of amides is 1. The smallest absolute Gasteiger partial charge is 0.296 e. The summed E-state index contributed by atoms with van der Waals surface area (Å²) >= 11 is 1.46. The van der Waals surface area contributed by atoms with Crippen LogP contribution in [0, 0.1) is 0 Å². The Morgan fingerprint density at radius 3 is 2.59 bits per heavy atom. The van der Waals surface area contributed by atoms with Crippen LogP contribution < -0.4 is 10.3 Å². The maximum absolute atomic E-state index is 13.6. The number of benzene rings is 3. The minimum atomic E-state index is -0.395. The molecule has 1 amide bonds. The second-order valence-electron chi connectivity index (χ2n) is 7.46. The summed E-state index contributed by atoms with van der Waals surface area (Å²) < 4.78 is 6.87. The van der Waals surface area contributed by atoms with Gasteiger partial charge in [0.1, 0.15) is 5.58 Å². The third-order valence-electron chi connectivity index (χ3n) is 5.38. The Kier molecular flexibility index (Phi) is 5.29. The summed E-state index contributed by atoms with van der Waals surface area (Å²) in [6.07, 6.45) is 0.854. The first-order chi connectivity index (χ1) is 15.6. The van der Waals surface area contributed by atoms with Crippen molar-refractivity contribution in [1.29, 1.82) is 0 Å². The van der Waals surface area contributed by atoms with Crippen molar-refractivity contribution in [3.63, 3.8) is 0 Å². The van der Waals surface area contributed by atoms with Gasteiger partial charge in [0.15, 0.2) is 16.3 Å². The van der Waals surface area contributed by atoms with E-state index in [0.29, 0.717) is 22.6 Å². The van der Waals surface area contributed by atoms with E-state index >= 15 is 0 Å². The number of aryl methyl sites for hydroxylation is 1. The average molecular weight is 441 g/mol. The van der Waals surface area contributed by atoms with Crippen LogP contribution in [0.2, 0.25) is 0 Å². The molecule has 6 heteroatoms. The van der Waals surface area contributed by atoms with Crippen molar-refractivity contribution < 1.29 is 9.21 Å². The van der Waals surface area contributed by atoms with Crippen LogP contribution in [0.3, 0.4) is 0 Å². The first-order valence-electron chi connectivity index (χ1n) is 10.4. The standard InChI is InChI=1S/C26H20N2O3S/c1-2-18-11-8-14-23-24(18)27-26(32-23)28(16-17-9-4-3-5-10-17)25(30)22-15-20(29)19-12-6-7-13-21(19)31-22/h3-15H,2,16H2,1H3. The highest BCUT2D eigenvalue weighted by Gasteiger charge is 2.25. The Hall–Kier alpha value is -3.77. The highest BCUT2D eigenvalue weighted by Crippen LogP contribution is 2.33. The number of carbonyl (C=O) groups excluding carboxylic acids is 1. The molecule has 0 radical (unpaired) electrons. The Morgan fingerprint density at radius 2 is 1.78 bits per heavy atom. The van der Waals surface area contributed by atoms with Crippen molar-refractivity contribution >= 4 is 43.6 Å². The van der Waals surface area contributed by atoms with Gasteiger partial charge >= 0.3 is 0 Å². The lowest BCUT2D eigenvalue weighted by Gasteiger charge is -2.19. The first kappa shape index (κ1) is 20.2. The normalized spacial score (nSPS) is 11.2. The number of aromatic nitrogens is 1. The van der Waals surface area contributed by atoms with Gasteiger partial charge in [-0.05, 0) is 35.7 Å². The highest BCUT2D eigenvalue weighted by atomic mass is 32.1. The van der Waals surface area contributed by atoms with Crippen molar-refractivity contribution in [3.05, 3.63) is 106 Å². The maximum atomic E-state index is 13.6. The Bertz CT molecular complexity index is 1490. The molecule has 32 heavy (non-hydrogen) atoms. The van der Waals surface area contributed by atoms with Crippen molar-refractivity contribution in [2.75, 3.05) is 4.90 Å². The van der Waals surface area contributed by atoms with E-state index < -0.39 is 5.91 Å². The molecule has 0 bridgehead atoms. The van der Waals surface area contributed by atoms with E-state index in [0.717, 1.165) is 27.8 Å². The third-order valence-corrected chi connectivity index (χ3v) is 6.42. The van der Waals surface area contributed by atoms with Gasteiger partial charge in [-0.1, -0.05) is 72.9 Å². The topological polar surface area (TPSA) is 63.4 Å². The summed E-state index contributed by atoms with van der Waals surface area (Å²) in [5.74, 6) is -0.395. The molecular formula is C26H20N2O3S. The van der Waals surface area contributed by atoms with Gasteiger partial charge in [-0.2, -0.15) is 0 Å². The number of nitrogens with zero attached hydrogens (tertiary/aromatic N) is 2. The summed E-state index contributed by atoms with van der Waals surface area (Å²) in [6.45, 7) is 2.40. The van der Waals surface area contributed by atoms with Gasteiger partial charge in [0.25, 0.3) is 5.91 Å². The van der Waals surface area contributed by atoms with Crippen molar-refractivity contribution in [1.82, 2.24) is 4.98 Å². The Morgan fingerprint density at radius 1 is 1.00 bits per heavy atom. The Balaban J connectivity index is 1.63. The number of anilines is 1. The molecule has 0 unspecified atom stereocenters. The lowest BCUT2D eigenvalue weighted by Crippen LogP contribution is -2.31. The average Bonchev–Trinajstić information content (AvgIpc) is 3.27. The molecule has 158 valence electrons. The molecule has 5 aromatic rings. The van der Waals surface area contributed by atoms with Crippen LogP contribution in [0.15, 0.2) is 88.1 Å². The molecule has 0 saturated heterocycles. The van der Waals surface area contributed by atoms with E-state index in [-0.39, 0.29) is 11.2 Å². The maximum Gasteiger partial charge on any atom is 0.296 e. The molecule has 3 aromatic carbocycles. The summed E-state index contributed by atoms with van der Waals surface area (Å²) in [6, 6.07) is 24.0. The molecule has 0 atom stereocenters. The summed E-state index contributed by atoms with van der Waals surface area (Å²) in [7, 11) is 0. The largest absolute Gasteiger partial charge is 0.451 e. The Labute approximate surface area is 188 Å². The second-order valence-corrected chi connectivity index (χ2v) is 8.47. The van der Waals surface area contributed by atoms with Gasteiger partial charge in [0.05, 0.1) is 22.1 Å². The predicted molar refractivity (Wildman–Crippen MR) is 128 cm³/mol. The molecule has 0 N–H and O–H groups in total. The number of rotatable bonds is 5. The third kappa shape index (κ3) is 3.69. The van der Waals surface area contributed by atoms with Crippen LogP contribution in [0.4, 0.5) is 5.13 Å². The molecule has 0 saturated carbocycles. The van der Waals surface area contributed by atoms with E-state index in [2.05, 4.69) is 13.0 Å². The number of para-hydroxylation sites is 2. The number of hydrogen-bond donors (Lipinski definition) is 0. The highest BCUT2D eigenvalue weighted by molar-refractivity contribution is 7.22. The fourth-order valence-electron chi connectivity index (χ4n) is 3.73. The van der Waals surface area contributed by atoms with Gasteiger partial charge in [-0.25, -0.2) is 4.98 Å². The van der Waals surface area contributed by atoms with Gasteiger partial charge in [-0.15, -0.1) is 0 Å². The number of carbonyl (C=O) groups is 1. The van der Waals surface area contributed by atoms with Crippen LogP contribution in [-0.4, -0.2) is 10.9 Å². The number of hydrogen-bond acceptors (Lipinski definition) is 5. The van der Waals surface area contributed by atoms with E-state index in [4.69, 9.17) is 9.40 Å². The van der Waals surface area contributed by atoms with Crippen molar-refractivity contribution in [3.8, 4) is 0 Å². The monoisotopic (exact) mass is 440 g/mol. The van der Waals surface area contributed by atoms with Crippen LogP contribution >= 0.6 is 11.3 Å². The molecule has 0 fully saturated rings.